The van der Waals surface area contributed by atoms with Crippen LogP contribution < -0.4 is 0 Å². The molecule has 1 aliphatic carbocycles. The van der Waals surface area contributed by atoms with E-state index < -0.39 is 24.2 Å². The van der Waals surface area contributed by atoms with Gasteiger partial charge in [0.05, 0.1) is 6.04 Å². The molecule has 0 radical (unpaired) electrons. The number of piperazine rings is 1. The summed E-state index contributed by atoms with van der Waals surface area (Å²) >= 11 is 0. The number of amides is 1. The lowest BCUT2D eigenvalue weighted by molar-refractivity contribution is -0.154. The largest absolute Gasteiger partial charge is 0.454 e. The van der Waals surface area contributed by atoms with Gasteiger partial charge in [0.1, 0.15) is 12.0 Å². The highest BCUT2D eigenvalue weighted by atomic mass is 19.4. The monoisotopic (exact) mass is 551 g/mol. The number of halogens is 3. The molecular weight excluding hydrogens is 507 g/mol. The third kappa shape index (κ3) is 7.16. The molecule has 3 aliphatic rings. The second-order valence-corrected chi connectivity index (χ2v) is 12.7. The maximum atomic E-state index is 13.4. The first kappa shape index (κ1) is 29.9. The van der Waals surface area contributed by atoms with Crippen LogP contribution in [0.2, 0.25) is 0 Å². The average Bonchev–Trinajstić information content (AvgIpc) is 3.34. The van der Waals surface area contributed by atoms with Crippen LogP contribution in [0.5, 0.6) is 0 Å². The third-order valence-corrected chi connectivity index (χ3v) is 8.64. The Morgan fingerprint density at radius 2 is 1.82 bits per heavy atom. The number of allylic oxidation sites excluding steroid dienone is 3. The molecule has 1 amide bonds. The van der Waals surface area contributed by atoms with Crippen LogP contribution >= 0.6 is 0 Å². The highest BCUT2D eigenvalue weighted by Gasteiger charge is 2.43. The Morgan fingerprint density at radius 3 is 2.38 bits per heavy atom. The predicted molar refractivity (Wildman–Crippen MR) is 145 cm³/mol. The fourth-order valence-corrected chi connectivity index (χ4v) is 6.43. The van der Waals surface area contributed by atoms with Gasteiger partial charge in [0.15, 0.2) is 0 Å². The molecule has 0 spiro atoms. The van der Waals surface area contributed by atoms with Gasteiger partial charge in [-0.3, -0.25) is 14.6 Å². The van der Waals surface area contributed by atoms with E-state index in [0.29, 0.717) is 43.7 Å². The van der Waals surface area contributed by atoms with E-state index in [1.165, 1.54) is 6.07 Å². The lowest BCUT2D eigenvalue weighted by Gasteiger charge is -2.51. The first-order valence-corrected chi connectivity index (χ1v) is 14.2. The van der Waals surface area contributed by atoms with Crippen molar-refractivity contribution in [1.82, 2.24) is 14.7 Å². The number of hydrogen-bond acceptors (Lipinski definition) is 5. The van der Waals surface area contributed by atoms with Crippen LogP contribution in [0.25, 0.3) is 0 Å². The SMILES string of the molecule is CC(=O)N1CCC(CC(O)N2CCN(C(C3=CC=CC(C)C3)c3ccc(C(F)(F)F)o3)C[C@@H]2C(C)(C)C)CC1. The molecule has 6 nitrogen and oxygen atoms in total. The lowest BCUT2D eigenvalue weighted by Crippen LogP contribution is -2.61. The molecule has 39 heavy (non-hydrogen) atoms. The van der Waals surface area contributed by atoms with Crippen molar-refractivity contribution in [3.8, 4) is 0 Å². The Bertz CT molecular complexity index is 1050. The van der Waals surface area contributed by atoms with E-state index >= 15 is 0 Å². The molecule has 0 saturated carbocycles. The van der Waals surface area contributed by atoms with Crippen LogP contribution in [0.3, 0.4) is 0 Å². The van der Waals surface area contributed by atoms with Gasteiger partial charge in [-0.1, -0.05) is 45.9 Å². The van der Waals surface area contributed by atoms with Crippen LogP contribution in [0.15, 0.2) is 40.4 Å². The summed E-state index contributed by atoms with van der Waals surface area (Å²) < 4.78 is 45.8. The van der Waals surface area contributed by atoms with E-state index in [1.807, 2.05) is 17.1 Å². The molecule has 1 N–H and O–H groups in total. The van der Waals surface area contributed by atoms with Crippen molar-refractivity contribution < 1.29 is 27.5 Å². The van der Waals surface area contributed by atoms with E-state index in [9.17, 15) is 23.1 Å². The smallest absolute Gasteiger partial charge is 0.449 e. The lowest BCUT2D eigenvalue weighted by atomic mass is 9.82. The van der Waals surface area contributed by atoms with Crippen LogP contribution in [0.4, 0.5) is 13.2 Å². The van der Waals surface area contributed by atoms with Gasteiger partial charge >= 0.3 is 6.18 Å². The maximum absolute atomic E-state index is 13.4. The fourth-order valence-electron chi connectivity index (χ4n) is 6.43. The minimum absolute atomic E-state index is 0.00439. The summed E-state index contributed by atoms with van der Waals surface area (Å²) in [6.45, 7) is 13.4. The van der Waals surface area contributed by atoms with E-state index in [2.05, 4.69) is 43.6 Å². The molecule has 4 atom stereocenters. The summed E-state index contributed by atoms with van der Waals surface area (Å²) in [5.74, 6) is 0.0890. The van der Waals surface area contributed by atoms with E-state index in [-0.39, 0.29) is 17.4 Å². The number of carbonyl (C=O) groups is 1. The van der Waals surface area contributed by atoms with Gasteiger partial charge in [-0.15, -0.1) is 0 Å². The number of aliphatic hydroxyl groups is 1. The Balaban J connectivity index is 1.54. The van der Waals surface area contributed by atoms with Crippen molar-refractivity contribution in [2.24, 2.45) is 17.3 Å². The van der Waals surface area contributed by atoms with E-state index in [1.54, 1.807) is 6.92 Å². The number of alkyl halides is 3. The number of nitrogens with zero attached hydrogens (tertiary/aromatic N) is 3. The predicted octanol–water partition coefficient (Wildman–Crippen LogP) is 5.86. The highest BCUT2D eigenvalue weighted by molar-refractivity contribution is 5.73. The summed E-state index contributed by atoms with van der Waals surface area (Å²) in [5, 5.41) is 11.4. The Morgan fingerprint density at radius 1 is 1.13 bits per heavy atom. The molecule has 9 heteroatoms. The average molecular weight is 552 g/mol. The Kier molecular flexibility index (Phi) is 9.03. The first-order valence-electron chi connectivity index (χ1n) is 14.2. The molecule has 2 aliphatic heterocycles. The Labute approximate surface area is 230 Å². The first-order chi connectivity index (χ1) is 18.2. The summed E-state index contributed by atoms with van der Waals surface area (Å²) in [6, 6.07) is 2.10. The molecule has 2 fully saturated rings. The van der Waals surface area contributed by atoms with Crippen LogP contribution in [-0.4, -0.2) is 70.7 Å². The number of furan rings is 1. The topological polar surface area (TPSA) is 60.2 Å². The summed E-state index contributed by atoms with van der Waals surface area (Å²) in [5.41, 5.74) is 0.878. The zero-order chi connectivity index (χ0) is 28.5. The second kappa shape index (κ2) is 11.8. The Hall–Kier alpha value is -2.10. The molecule has 1 aromatic rings. The van der Waals surface area contributed by atoms with Gasteiger partial charge in [-0.05, 0) is 60.6 Å². The molecule has 4 rings (SSSR count). The molecule has 218 valence electrons. The van der Waals surface area contributed by atoms with Crippen molar-refractivity contribution in [3.05, 3.63) is 47.5 Å². The number of rotatable bonds is 6. The van der Waals surface area contributed by atoms with Gasteiger partial charge in [-0.2, -0.15) is 13.2 Å². The van der Waals surface area contributed by atoms with Gasteiger partial charge < -0.3 is 14.4 Å². The molecule has 0 bridgehead atoms. The summed E-state index contributed by atoms with van der Waals surface area (Å²) in [6.07, 6.45) is 4.15. The molecule has 0 aromatic carbocycles. The van der Waals surface area contributed by atoms with Crippen molar-refractivity contribution in [3.63, 3.8) is 0 Å². The third-order valence-electron chi connectivity index (χ3n) is 8.64. The van der Waals surface area contributed by atoms with E-state index in [0.717, 1.165) is 44.0 Å². The summed E-state index contributed by atoms with van der Waals surface area (Å²) in [7, 11) is 0. The van der Waals surface area contributed by atoms with Crippen LogP contribution in [0, 0.1) is 17.3 Å². The zero-order valence-electron chi connectivity index (χ0n) is 23.9. The van der Waals surface area contributed by atoms with Gasteiger partial charge in [-0.25, -0.2) is 0 Å². The van der Waals surface area contributed by atoms with E-state index in [4.69, 9.17) is 4.42 Å². The van der Waals surface area contributed by atoms with Gasteiger partial charge in [0.2, 0.25) is 11.7 Å². The number of likely N-dealkylation sites (tertiary alicyclic amines) is 1. The number of hydrogen-bond donors (Lipinski definition) is 1. The van der Waals surface area contributed by atoms with Crippen molar-refractivity contribution in [1.29, 1.82) is 0 Å². The van der Waals surface area contributed by atoms with Gasteiger partial charge in [0.25, 0.3) is 0 Å². The quantitative estimate of drug-likeness (QED) is 0.480. The zero-order valence-corrected chi connectivity index (χ0v) is 23.9. The minimum Gasteiger partial charge on any atom is -0.454 e. The number of piperidine rings is 1. The minimum atomic E-state index is -4.53. The molecular formula is C30H44F3N3O3. The molecule has 2 saturated heterocycles. The molecule has 3 unspecified atom stereocenters. The van der Waals surface area contributed by atoms with Crippen molar-refractivity contribution in [2.45, 2.75) is 84.8 Å². The molecule has 1 aromatic heterocycles. The van der Waals surface area contributed by atoms with Crippen LogP contribution in [0.1, 0.15) is 77.9 Å². The number of carbonyl (C=O) groups excluding carboxylic acids is 1. The van der Waals surface area contributed by atoms with Crippen molar-refractivity contribution in [2.75, 3.05) is 32.7 Å². The molecule has 3 heterocycles. The summed E-state index contributed by atoms with van der Waals surface area (Å²) in [4.78, 5) is 18.0. The van der Waals surface area contributed by atoms with Gasteiger partial charge in [0, 0.05) is 45.7 Å². The highest BCUT2D eigenvalue weighted by Crippen LogP contribution is 2.41. The fraction of sp³-hybridized carbons (Fsp3) is 0.700. The van der Waals surface area contributed by atoms with Crippen LogP contribution in [-0.2, 0) is 11.0 Å². The maximum Gasteiger partial charge on any atom is 0.449 e. The second-order valence-electron chi connectivity index (χ2n) is 12.7. The number of aliphatic hydroxyl groups excluding tert-OH is 1. The standard InChI is InChI=1S/C30H44F3N3O3/c1-20-7-6-8-23(17-20)28(24-9-10-26(39-24)30(31,32)33)35-15-16-36(25(19-35)29(3,4)5)27(38)18-22-11-13-34(14-12-22)21(2)37/h6-10,20,22,25,27-28,38H,11-19H2,1-5H3/t20?,25-,27?,28?/m1/s1. The van der Waals surface area contributed by atoms with Crippen molar-refractivity contribution >= 4 is 5.91 Å². The normalized spacial score (nSPS) is 26.0.